The average Bonchev–Trinajstić information content (AvgIpc) is 2.25. The highest BCUT2D eigenvalue weighted by atomic mass is 32.2. The average molecular weight is 231 g/mol. The third kappa shape index (κ3) is 5.14. The molecule has 1 rings (SSSR count). The van der Waals surface area contributed by atoms with Gasteiger partial charge in [0.25, 0.3) is 0 Å². The van der Waals surface area contributed by atoms with Crippen LogP contribution in [-0.2, 0) is 6.42 Å². The van der Waals surface area contributed by atoms with Gasteiger partial charge in [0.2, 0.25) is 6.43 Å². The van der Waals surface area contributed by atoms with Gasteiger partial charge in [-0.15, -0.1) is 11.8 Å². The molecule has 0 aliphatic heterocycles. The topological polar surface area (TPSA) is 26.0 Å². The second-order valence-electron chi connectivity index (χ2n) is 3.24. The molecule has 2 N–H and O–H groups in total. The fourth-order valence-corrected chi connectivity index (χ4v) is 1.86. The Morgan fingerprint density at radius 3 is 2.40 bits per heavy atom. The lowest BCUT2D eigenvalue weighted by molar-refractivity contribution is 0.177. The van der Waals surface area contributed by atoms with Gasteiger partial charge in [-0.3, -0.25) is 0 Å². The normalized spacial score (nSPS) is 10.9. The van der Waals surface area contributed by atoms with E-state index < -0.39 is 6.43 Å². The lowest BCUT2D eigenvalue weighted by atomic mass is 10.1. The van der Waals surface area contributed by atoms with Crippen molar-refractivity contribution in [3.05, 3.63) is 29.8 Å². The minimum absolute atomic E-state index is 0.137. The second-order valence-corrected chi connectivity index (χ2v) is 4.33. The van der Waals surface area contributed by atoms with E-state index >= 15 is 0 Å². The molecule has 0 saturated heterocycles. The number of thioether (sulfide) groups is 1. The maximum absolute atomic E-state index is 11.9. The van der Waals surface area contributed by atoms with Crippen molar-refractivity contribution in [2.24, 2.45) is 5.73 Å². The van der Waals surface area contributed by atoms with Crippen LogP contribution in [0.5, 0.6) is 0 Å². The molecule has 0 atom stereocenters. The van der Waals surface area contributed by atoms with Gasteiger partial charge in [-0.05, 0) is 37.1 Å². The first kappa shape index (κ1) is 12.5. The van der Waals surface area contributed by atoms with Gasteiger partial charge in [0.15, 0.2) is 0 Å². The van der Waals surface area contributed by atoms with E-state index in [0.29, 0.717) is 6.54 Å². The molecule has 0 bridgehead atoms. The number of hydrogen-bond donors (Lipinski definition) is 1. The van der Waals surface area contributed by atoms with Crippen LogP contribution in [0.1, 0.15) is 12.0 Å². The van der Waals surface area contributed by atoms with Crippen LogP contribution < -0.4 is 5.73 Å². The van der Waals surface area contributed by atoms with Crippen LogP contribution in [0.4, 0.5) is 8.78 Å². The summed E-state index contributed by atoms with van der Waals surface area (Å²) >= 11 is 1.19. The van der Waals surface area contributed by atoms with Gasteiger partial charge in [-0.2, -0.15) is 0 Å². The summed E-state index contributed by atoms with van der Waals surface area (Å²) < 4.78 is 23.9. The Hall–Kier alpha value is -0.610. The molecule has 15 heavy (non-hydrogen) atoms. The number of rotatable bonds is 6. The van der Waals surface area contributed by atoms with E-state index in [2.05, 4.69) is 0 Å². The zero-order chi connectivity index (χ0) is 11.1. The molecule has 1 aromatic carbocycles. The fourth-order valence-electron chi connectivity index (χ4n) is 1.22. The summed E-state index contributed by atoms with van der Waals surface area (Å²) in [6, 6.07) is 7.73. The summed E-state index contributed by atoms with van der Waals surface area (Å²) in [5.74, 6) is -0.137. The Bertz CT molecular complexity index is 274. The van der Waals surface area contributed by atoms with E-state index in [1.807, 2.05) is 24.3 Å². The third-order valence-electron chi connectivity index (χ3n) is 1.97. The van der Waals surface area contributed by atoms with Crippen LogP contribution in [-0.4, -0.2) is 18.7 Å². The Morgan fingerprint density at radius 2 is 1.87 bits per heavy atom. The second kappa shape index (κ2) is 6.80. The van der Waals surface area contributed by atoms with Crippen LogP contribution >= 0.6 is 11.8 Å². The number of benzene rings is 1. The number of nitrogens with two attached hydrogens (primary N) is 1. The van der Waals surface area contributed by atoms with Crippen molar-refractivity contribution < 1.29 is 8.78 Å². The van der Waals surface area contributed by atoms with E-state index in [4.69, 9.17) is 5.73 Å². The molecule has 0 aliphatic carbocycles. The van der Waals surface area contributed by atoms with Gasteiger partial charge in [0.05, 0.1) is 5.75 Å². The maximum Gasteiger partial charge on any atom is 0.247 e. The molecule has 84 valence electrons. The molecule has 0 heterocycles. The van der Waals surface area contributed by atoms with Gasteiger partial charge >= 0.3 is 0 Å². The number of alkyl halides is 2. The van der Waals surface area contributed by atoms with E-state index in [-0.39, 0.29) is 5.75 Å². The largest absolute Gasteiger partial charge is 0.330 e. The highest BCUT2D eigenvalue weighted by Crippen LogP contribution is 2.20. The first-order chi connectivity index (χ1) is 7.22. The zero-order valence-corrected chi connectivity index (χ0v) is 9.27. The standard InChI is InChI=1S/C11H15F2NS/c12-11(13)8-15-10-5-3-9(4-6-10)2-1-7-14/h3-6,11H,1-2,7-8,14H2. The number of hydrogen-bond acceptors (Lipinski definition) is 2. The van der Waals surface area contributed by atoms with Crippen molar-refractivity contribution in [3.8, 4) is 0 Å². The summed E-state index contributed by atoms with van der Waals surface area (Å²) in [6.07, 6.45) is -0.327. The van der Waals surface area contributed by atoms with E-state index in [1.165, 1.54) is 17.3 Å². The Morgan fingerprint density at radius 1 is 1.20 bits per heavy atom. The summed E-state index contributed by atoms with van der Waals surface area (Å²) in [5.41, 5.74) is 6.61. The lowest BCUT2D eigenvalue weighted by Crippen LogP contribution is -2.00. The Balaban J connectivity index is 2.41. The van der Waals surface area contributed by atoms with Gasteiger partial charge in [0, 0.05) is 4.90 Å². The van der Waals surface area contributed by atoms with Crippen molar-refractivity contribution in [3.63, 3.8) is 0 Å². The van der Waals surface area contributed by atoms with Crippen LogP contribution in [0.2, 0.25) is 0 Å². The molecular formula is C11H15F2NS. The molecule has 0 radical (unpaired) electrons. The van der Waals surface area contributed by atoms with E-state index in [0.717, 1.165) is 17.7 Å². The lowest BCUT2D eigenvalue weighted by Gasteiger charge is -2.03. The smallest absolute Gasteiger partial charge is 0.247 e. The van der Waals surface area contributed by atoms with Crippen LogP contribution in [0.3, 0.4) is 0 Å². The summed E-state index contributed by atoms with van der Waals surface area (Å²) in [7, 11) is 0. The highest BCUT2D eigenvalue weighted by Gasteiger charge is 2.03. The first-order valence-electron chi connectivity index (χ1n) is 4.92. The van der Waals surface area contributed by atoms with Crippen LogP contribution in [0, 0.1) is 0 Å². The molecule has 0 spiro atoms. The van der Waals surface area contributed by atoms with E-state index in [1.54, 1.807) is 0 Å². The number of halogens is 2. The molecule has 0 aromatic heterocycles. The first-order valence-corrected chi connectivity index (χ1v) is 5.91. The predicted molar refractivity (Wildman–Crippen MR) is 60.5 cm³/mol. The van der Waals surface area contributed by atoms with Crippen molar-refractivity contribution >= 4 is 11.8 Å². The third-order valence-corrected chi connectivity index (χ3v) is 2.99. The SMILES string of the molecule is NCCCc1ccc(SCC(F)F)cc1. The minimum Gasteiger partial charge on any atom is -0.330 e. The number of aryl methyl sites for hydroxylation is 1. The molecule has 1 aromatic rings. The van der Waals surface area contributed by atoms with Crippen molar-refractivity contribution in [2.45, 2.75) is 24.2 Å². The zero-order valence-electron chi connectivity index (χ0n) is 8.46. The molecule has 0 amide bonds. The quantitative estimate of drug-likeness (QED) is 0.762. The Labute approximate surface area is 93.1 Å². The van der Waals surface area contributed by atoms with Gasteiger partial charge in [-0.25, -0.2) is 8.78 Å². The molecule has 4 heteroatoms. The maximum atomic E-state index is 11.9. The predicted octanol–water partition coefficient (Wildman–Crippen LogP) is 2.94. The fraction of sp³-hybridized carbons (Fsp3) is 0.455. The van der Waals surface area contributed by atoms with E-state index in [9.17, 15) is 8.78 Å². The minimum atomic E-state index is -2.24. The van der Waals surface area contributed by atoms with Crippen molar-refractivity contribution in [1.82, 2.24) is 0 Å². The molecule has 0 unspecified atom stereocenters. The molecule has 0 fully saturated rings. The summed E-state index contributed by atoms with van der Waals surface area (Å²) in [6.45, 7) is 0.682. The van der Waals surface area contributed by atoms with Crippen LogP contribution in [0.25, 0.3) is 0 Å². The summed E-state index contributed by atoms with van der Waals surface area (Å²) in [4.78, 5) is 0.895. The van der Waals surface area contributed by atoms with Gasteiger partial charge in [0.1, 0.15) is 0 Å². The van der Waals surface area contributed by atoms with Crippen molar-refractivity contribution in [1.29, 1.82) is 0 Å². The molecular weight excluding hydrogens is 216 g/mol. The summed E-state index contributed by atoms with van der Waals surface area (Å²) in [5, 5.41) is 0. The molecule has 1 nitrogen and oxygen atoms in total. The molecule has 0 saturated carbocycles. The monoisotopic (exact) mass is 231 g/mol. The molecule has 0 aliphatic rings. The van der Waals surface area contributed by atoms with Crippen LogP contribution in [0.15, 0.2) is 29.2 Å². The highest BCUT2D eigenvalue weighted by molar-refractivity contribution is 7.99. The van der Waals surface area contributed by atoms with Crippen molar-refractivity contribution in [2.75, 3.05) is 12.3 Å². The van der Waals surface area contributed by atoms with Gasteiger partial charge < -0.3 is 5.73 Å². The Kier molecular flexibility index (Phi) is 5.65. The van der Waals surface area contributed by atoms with Gasteiger partial charge in [-0.1, -0.05) is 12.1 Å².